The van der Waals surface area contributed by atoms with Crippen LogP contribution in [0, 0.1) is 5.41 Å². The van der Waals surface area contributed by atoms with Gasteiger partial charge < -0.3 is 21.1 Å². The standard InChI is InChI=1S/C30H45N3O3/c1-6-18-33(19-7-2)29(36)24-15-11-14-23(28(31)35)27(24)25(20-22-12-9-8-10-13-22)26(34)21-32-17-16-30(3,4)5/h8-15,25-26,32,34H,6-7,16-21H2,1-5H3,(H2,31,35)/t25-,26+/m1/s1. The molecule has 0 bridgehead atoms. The van der Waals surface area contributed by atoms with Crippen LogP contribution in [0.1, 0.15) is 91.6 Å². The third-order valence-electron chi connectivity index (χ3n) is 6.42. The van der Waals surface area contributed by atoms with Crippen molar-refractivity contribution >= 4 is 11.8 Å². The minimum Gasteiger partial charge on any atom is -0.391 e. The lowest BCUT2D eigenvalue weighted by Gasteiger charge is -2.30. The highest BCUT2D eigenvalue weighted by Gasteiger charge is 2.31. The van der Waals surface area contributed by atoms with Gasteiger partial charge in [0.1, 0.15) is 0 Å². The van der Waals surface area contributed by atoms with E-state index in [-0.39, 0.29) is 11.3 Å². The molecule has 36 heavy (non-hydrogen) atoms. The van der Waals surface area contributed by atoms with Gasteiger partial charge in [-0.2, -0.15) is 0 Å². The zero-order chi connectivity index (χ0) is 26.7. The summed E-state index contributed by atoms with van der Waals surface area (Å²) in [5.41, 5.74) is 8.30. The average molecular weight is 496 g/mol. The number of primary amides is 1. The van der Waals surface area contributed by atoms with Gasteiger partial charge in [0, 0.05) is 36.7 Å². The van der Waals surface area contributed by atoms with E-state index < -0.39 is 17.9 Å². The van der Waals surface area contributed by atoms with Crippen molar-refractivity contribution in [2.45, 2.75) is 72.3 Å². The molecule has 0 aliphatic carbocycles. The van der Waals surface area contributed by atoms with Gasteiger partial charge in [-0.15, -0.1) is 0 Å². The number of amides is 2. The molecule has 4 N–H and O–H groups in total. The van der Waals surface area contributed by atoms with Crippen molar-refractivity contribution in [3.63, 3.8) is 0 Å². The van der Waals surface area contributed by atoms with E-state index in [2.05, 4.69) is 26.1 Å². The van der Waals surface area contributed by atoms with Crippen LogP contribution in [0.3, 0.4) is 0 Å². The maximum absolute atomic E-state index is 13.7. The maximum Gasteiger partial charge on any atom is 0.254 e. The Hall–Kier alpha value is -2.70. The number of hydrogen-bond donors (Lipinski definition) is 3. The van der Waals surface area contributed by atoms with E-state index >= 15 is 0 Å². The third kappa shape index (κ3) is 8.75. The van der Waals surface area contributed by atoms with E-state index in [1.165, 1.54) is 0 Å². The number of carbonyl (C=O) groups is 2. The first-order valence-corrected chi connectivity index (χ1v) is 13.2. The number of benzene rings is 2. The van der Waals surface area contributed by atoms with Crippen LogP contribution in [0.15, 0.2) is 48.5 Å². The summed E-state index contributed by atoms with van der Waals surface area (Å²) < 4.78 is 0. The van der Waals surface area contributed by atoms with Crippen molar-refractivity contribution in [2.75, 3.05) is 26.2 Å². The first kappa shape index (κ1) is 29.5. The van der Waals surface area contributed by atoms with Crippen molar-refractivity contribution in [3.05, 3.63) is 70.8 Å². The molecule has 0 aliphatic rings. The molecule has 0 aliphatic heterocycles. The highest BCUT2D eigenvalue weighted by atomic mass is 16.3. The average Bonchev–Trinajstić information content (AvgIpc) is 2.84. The Morgan fingerprint density at radius 1 is 0.972 bits per heavy atom. The number of nitrogens with zero attached hydrogens (tertiary/aromatic N) is 1. The molecule has 2 aromatic carbocycles. The quantitative estimate of drug-likeness (QED) is 0.329. The lowest BCUT2D eigenvalue weighted by Crippen LogP contribution is -2.38. The summed E-state index contributed by atoms with van der Waals surface area (Å²) in [7, 11) is 0. The second-order valence-electron chi connectivity index (χ2n) is 10.8. The number of aliphatic hydroxyl groups is 1. The van der Waals surface area contributed by atoms with Crippen molar-refractivity contribution in [1.82, 2.24) is 10.2 Å². The summed E-state index contributed by atoms with van der Waals surface area (Å²) in [5.74, 6) is -1.20. The number of rotatable bonds is 14. The molecule has 198 valence electrons. The Balaban J connectivity index is 2.53. The summed E-state index contributed by atoms with van der Waals surface area (Å²) in [6, 6.07) is 15.0. The highest BCUT2D eigenvalue weighted by molar-refractivity contribution is 6.02. The van der Waals surface area contributed by atoms with Gasteiger partial charge in [0.25, 0.3) is 5.91 Å². The number of hydrogen-bond acceptors (Lipinski definition) is 4. The number of nitrogens with two attached hydrogens (primary N) is 1. The first-order chi connectivity index (χ1) is 17.1. The molecule has 0 spiro atoms. The third-order valence-corrected chi connectivity index (χ3v) is 6.42. The number of aliphatic hydroxyl groups excluding tert-OH is 1. The predicted molar refractivity (Wildman–Crippen MR) is 147 cm³/mol. The normalized spacial score (nSPS) is 13.3. The van der Waals surface area contributed by atoms with Gasteiger partial charge in [0.05, 0.1) is 6.10 Å². The Kier molecular flexibility index (Phi) is 11.6. The van der Waals surface area contributed by atoms with E-state index in [4.69, 9.17) is 5.73 Å². The summed E-state index contributed by atoms with van der Waals surface area (Å²) in [5, 5.41) is 14.8. The monoisotopic (exact) mass is 495 g/mol. The molecule has 0 radical (unpaired) electrons. The van der Waals surface area contributed by atoms with Crippen LogP contribution < -0.4 is 11.1 Å². The summed E-state index contributed by atoms with van der Waals surface area (Å²) in [6.45, 7) is 13.0. The van der Waals surface area contributed by atoms with E-state index in [1.54, 1.807) is 18.2 Å². The first-order valence-electron chi connectivity index (χ1n) is 13.2. The molecule has 6 nitrogen and oxygen atoms in total. The fraction of sp³-hybridized carbons (Fsp3) is 0.533. The van der Waals surface area contributed by atoms with Crippen LogP contribution in [0.2, 0.25) is 0 Å². The Bertz CT molecular complexity index is 963. The van der Waals surface area contributed by atoms with Crippen LogP contribution in [0.5, 0.6) is 0 Å². The van der Waals surface area contributed by atoms with Crippen LogP contribution in [-0.2, 0) is 6.42 Å². The molecule has 0 aromatic heterocycles. The largest absolute Gasteiger partial charge is 0.391 e. The van der Waals surface area contributed by atoms with Crippen LogP contribution in [0.25, 0.3) is 0 Å². The van der Waals surface area contributed by atoms with Crippen LogP contribution >= 0.6 is 0 Å². The van der Waals surface area contributed by atoms with E-state index in [0.717, 1.165) is 31.4 Å². The van der Waals surface area contributed by atoms with Crippen LogP contribution in [-0.4, -0.2) is 54.1 Å². The molecule has 0 saturated carbocycles. The topological polar surface area (TPSA) is 95.7 Å². The SMILES string of the molecule is CCCN(CCC)C(=O)c1cccc(C(N)=O)c1[C@H](Cc1ccccc1)[C@@H](O)CNCCC(C)(C)C. The molecule has 0 unspecified atom stereocenters. The molecular formula is C30H45N3O3. The van der Waals surface area contributed by atoms with E-state index in [1.807, 2.05) is 49.1 Å². The molecule has 0 heterocycles. The Morgan fingerprint density at radius 3 is 2.14 bits per heavy atom. The fourth-order valence-electron chi connectivity index (χ4n) is 4.55. The molecule has 2 rings (SSSR count). The van der Waals surface area contributed by atoms with Gasteiger partial charge in [-0.05, 0) is 60.9 Å². The molecule has 2 amide bonds. The molecular weight excluding hydrogens is 450 g/mol. The van der Waals surface area contributed by atoms with Gasteiger partial charge in [-0.3, -0.25) is 9.59 Å². The lowest BCUT2D eigenvalue weighted by atomic mass is 9.81. The van der Waals surface area contributed by atoms with Crippen molar-refractivity contribution < 1.29 is 14.7 Å². The van der Waals surface area contributed by atoms with Gasteiger partial charge in [-0.1, -0.05) is 71.0 Å². The Morgan fingerprint density at radius 2 is 1.58 bits per heavy atom. The van der Waals surface area contributed by atoms with Gasteiger partial charge in [0.2, 0.25) is 5.91 Å². The van der Waals surface area contributed by atoms with Gasteiger partial charge in [0.15, 0.2) is 0 Å². The fourth-order valence-corrected chi connectivity index (χ4v) is 4.55. The van der Waals surface area contributed by atoms with Gasteiger partial charge >= 0.3 is 0 Å². The second-order valence-corrected chi connectivity index (χ2v) is 10.8. The van der Waals surface area contributed by atoms with Gasteiger partial charge in [-0.25, -0.2) is 0 Å². The van der Waals surface area contributed by atoms with Crippen LogP contribution in [0.4, 0.5) is 0 Å². The molecule has 2 aromatic rings. The second kappa shape index (κ2) is 14.1. The minimum absolute atomic E-state index is 0.122. The zero-order valence-corrected chi connectivity index (χ0v) is 22.7. The van der Waals surface area contributed by atoms with E-state index in [0.29, 0.717) is 42.7 Å². The number of carbonyl (C=O) groups excluding carboxylic acids is 2. The highest BCUT2D eigenvalue weighted by Crippen LogP contribution is 2.32. The van der Waals surface area contributed by atoms with E-state index in [9.17, 15) is 14.7 Å². The Labute approximate surface area is 217 Å². The minimum atomic E-state index is -0.817. The molecule has 2 atom stereocenters. The zero-order valence-electron chi connectivity index (χ0n) is 22.7. The summed E-state index contributed by atoms with van der Waals surface area (Å²) in [4.78, 5) is 28.1. The molecule has 0 fully saturated rings. The van der Waals surface area contributed by atoms with Crippen molar-refractivity contribution in [1.29, 1.82) is 0 Å². The molecule has 6 heteroatoms. The van der Waals surface area contributed by atoms with Crippen molar-refractivity contribution in [3.8, 4) is 0 Å². The lowest BCUT2D eigenvalue weighted by molar-refractivity contribution is 0.0751. The number of nitrogens with one attached hydrogen (secondary N) is 1. The maximum atomic E-state index is 13.7. The summed E-state index contributed by atoms with van der Waals surface area (Å²) in [6.07, 6.45) is 2.31. The summed E-state index contributed by atoms with van der Waals surface area (Å²) >= 11 is 0. The molecule has 0 saturated heterocycles. The van der Waals surface area contributed by atoms with Crippen molar-refractivity contribution in [2.24, 2.45) is 11.1 Å². The smallest absolute Gasteiger partial charge is 0.254 e. The predicted octanol–water partition coefficient (Wildman–Crippen LogP) is 4.76.